The van der Waals surface area contributed by atoms with Crippen LogP contribution in [0, 0.1) is 12.8 Å². The Bertz CT molecular complexity index is 607. The Labute approximate surface area is 139 Å². The monoisotopic (exact) mass is 315 g/mol. The second kappa shape index (κ2) is 5.64. The molecule has 1 aromatic rings. The summed E-state index contributed by atoms with van der Waals surface area (Å²) in [5.74, 6) is 0.303. The van der Waals surface area contributed by atoms with E-state index in [1.165, 1.54) is 0 Å². The number of hydrogen-bond acceptors (Lipinski definition) is 3. The third kappa shape index (κ3) is 3.17. The van der Waals surface area contributed by atoms with Crippen LogP contribution < -0.4 is 10.8 Å². The molecule has 124 valence electrons. The molecule has 2 aliphatic rings. The van der Waals surface area contributed by atoms with Gasteiger partial charge in [-0.3, -0.25) is 4.79 Å². The number of carbonyl (C=O) groups is 1. The van der Waals surface area contributed by atoms with E-state index >= 15 is 0 Å². The lowest BCUT2D eigenvalue weighted by Crippen LogP contribution is -2.41. The number of amides is 1. The third-order valence-electron chi connectivity index (χ3n) is 5.37. The van der Waals surface area contributed by atoms with E-state index in [2.05, 4.69) is 11.4 Å². The summed E-state index contributed by atoms with van der Waals surface area (Å²) < 4.78 is 12.2. The summed E-state index contributed by atoms with van der Waals surface area (Å²) in [5, 5.41) is 3.04. The van der Waals surface area contributed by atoms with Crippen molar-refractivity contribution in [3.63, 3.8) is 0 Å². The van der Waals surface area contributed by atoms with Gasteiger partial charge in [0.05, 0.1) is 11.2 Å². The molecule has 0 bridgehead atoms. The summed E-state index contributed by atoms with van der Waals surface area (Å²) in [4.78, 5) is 12.2. The average molecular weight is 315 g/mol. The molecule has 0 spiro atoms. The van der Waals surface area contributed by atoms with Crippen molar-refractivity contribution in [2.75, 3.05) is 5.32 Å². The fourth-order valence-electron chi connectivity index (χ4n) is 2.91. The van der Waals surface area contributed by atoms with E-state index in [1.54, 1.807) is 0 Å². The number of aryl methyl sites for hydroxylation is 1. The minimum absolute atomic E-state index is 0.127. The minimum Gasteiger partial charge on any atom is -0.399 e. The molecule has 1 amide bonds. The van der Waals surface area contributed by atoms with Gasteiger partial charge in [0.1, 0.15) is 0 Å². The first-order valence-corrected chi connectivity index (χ1v) is 8.46. The zero-order chi connectivity index (χ0) is 16.8. The smallest absolute Gasteiger partial charge is 0.399 e. The third-order valence-corrected chi connectivity index (χ3v) is 5.37. The van der Waals surface area contributed by atoms with Crippen LogP contribution >= 0.6 is 0 Å². The molecule has 1 saturated heterocycles. The van der Waals surface area contributed by atoms with Gasteiger partial charge in [0.2, 0.25) is 5.91 Å². The van der Waals surface area contributed by atoms with Gasteiger partial charge in [-0.1, -0.05) is 12.5 Å². The summed E-state index contributed by atoms with van der Waals surface area (Å²) in [6.07, 6.45) is 3.16. The minimum atomic E-state index is -0.403. The SMILES string of the molecule is Cc1cc(NC(=O)C2CCC2)cc(B2OC(C)(C)C(C)(C)O2)c1. The van der Waals surface area contributed by atoms with E-state index in [4.69, 9.17) is 9.31 Å². The zero-order valence-electron chi connectivity index (χ0n) is 14.7. The maximum Gasteiger partial charge on any atom is 0.494 e. The topological polar surface area (TPSA) is 47.6 Å². The van der Waals surface area contributed by atoms with Crippen LogP contribution in [0.4, 0.5) is 5.69 Å². The highest BCUT2D eigenvalue weighted by Crippen LogP contribution is 2.36. The lowest BCUT2D eigenvalue weighted by molar-refractivity contribution is -0.122. The number of anilines is 1. The highest BCUT2D eigenvalue weighted by atomic mass is 16.7. The second-order valence-corrected chi connectivity index (χ2v) is 7.84. The lowest BCUT2D eigenvalue weighted by Gasteiger charge is -2.32. The van der Waals surface area contributed by atoms with Crippen LogP contribution in [0.2, 0.25) is 0 Å². The van der Waals surface area contributed by atoms with Crippen molar-refractivity contribution in [3.8, 4) is 0 Å². The predicted octanol–water partition coefficient (Wildman–Crippen LogP) is 3.03. The first-order chi connectivity index (χ1) is 10.7. The molecule has 1 aromatic carbocycles. The van der Waals surface area contributed by atoms with Gasteiger partial charge in [0, 0.05) is 11.6 Å². The number of hydrogen-bond donors (Lipinski definition) is 1. The highest BCUT2D eigenvalue weighted by Gasteiger charge is 2.51. The molecule has 1 N–H and O–H groups in total. The molecule has 4 nitrogen and oxygen atoms in total. The van der Waals surface area contributed by atoms with Crippen LogP contribution in [0.5, 0.6) is 0 Å². The number of nitrogens with one attached hydrogen (secondary N) is 1. The fourth-order valence-corrected chi connectivity index (χ4v) is 2.91. The van der Waals surface area contributed by atoms with Gasteiger partial charge in [-0.15, -0.1) is 0 Å². The van der Waals surface area contributed by atoms with E-state index in [9.17, 15) is 4.79 Å². The van der Waals surface area contributed by atoms with Crippen LogP contribution in [-0.4, -0.2) is 24.2 Å². The van der Waals surface area contributed by atoms with Gasteiger partial charge >= 0.3 is 7.12 Å². The Morgan fingerprint density at radius 3 is 2.26 bits per heavy atom. The molecule has 5 heteroatoms. The molecular weight excluding hydrogens is 289 g/mol. The molecule has 3 rings (SSSR count). The molecule has 1 heterocycles. The Balaban J connectivity index is 1.79. The van der Waals surface area contributed by atoms with E-state index in [1.807, 2.05) is 46.8 Å². The summed E-state index contributed by atoms with van der Waals surface area (Å²) in [6, 6.07) is 6.01. The molecular formula is C18H26BNO3. The van der Waals surface area contributed by atoms with Gasteiger partial charge in [-0.25, -0.2) is 0 Å². The molecule has 0 aromatic heterocycles. The van der Waals surface area contributed by atoms with Crippen molar-refractivity contribution in [1.29, 1.82) is 0 Å². The van der Waals surface area contributed by atoms with Crippen molar-refractivity contribution in [2.24, 2.45) is 5.92 Å². The van der Waals surface area contributed by atoms with E-state index in [0.29, 0.717) is 0 Å². The quantitative estimate of drug-likeness (QED) is 0.872. The number of benzene rings is 1. The Morgan fingerprint density at radius 2 is 1.74 bits per heavy atom. The van der Waals surface area contributed by atoms with Crippen molar-refractivity contribution < 1.29 is 14.1 Å². The first-order valence-electron chi connectivity index (χ1n) is 8.46. The molecule has 1 aliphatic carbocycles. The van der Waals surface area contributed by atoms with Crippen LogP contribution in [0.25, 0.3) is 0 Å². The summed E-state index contributed by atoms with van der Waals surface area (Å²) >= 11 is 0. The van der Waals surface area contributed by atoms with Crippen molar-refractivity contribution in [3.05, 3.63) is 23.8 Å². The Kier molecular flexibility index (Phi) is 4.05. The Hall–Kier alpha value is -1.33. The summed E-state index contributed by atoms with van der Waals surface area (Å²) in [7, 11) is -0.403. The molecule has 23 heavy (non-hydrogen) atoms. The maximum atomic E-state index is 12.2. The molecule has 0 radical (unpaired) electrons. The maximum absolute atomic E-state index is 12.2. The summed E-state index contributed by atoms with van der Waals surface area (Å²) in [6.45, 7) is 10.2. The van der Waals surface area contributed by atoms with Gasteiger partial charge in [-0.2, -0.15) is 0 Å². The largest absolute Gasteiger partial charge is 0.494 e. The lowest BCUT2D eigenvalue weighted by atomic mass is 9.78. The van der Waals surface area contributed by atoms with E-state index in [-0.39, 0.29) is 23.0 Å². The Morgan fingerprint density at radius 1 is 1.13 bits per heavy atom. The molecule has 0 unspecified atom stereocenters. The van der Waals surface area contributed by atoms with Crippen LogP contribution in [0.1, 0.15) is 52.5 Å². The van der Waals surface area contributed by atoms with Crippen LogP contribution in [0.3, 0.4) is 0 Å². The van der Waals surface area contributed by atoms with E-state index < -0.39 is 7.12 Å². The standard InChI is InChI=1S/C18H26BNO3/c1-12-9-14(19-22-17(2,3)18(4,5)23-19)11-15(10-12)20-16(21)13-7-6-8-13/h9-11,13H,6-8H2,1-5H3,(H,20,21). The van der Waals surface area contributed by atoms with E-state index in [0.717, 1.165) is 36.0 Å². The van der Waals surface area contributed by atoms with Crippen molar-refractivity contribution >= 4 is 24.2 Å². The average Bonchev–Trinajstić information content (AvgIpc) is 2.55. The van der Waals surface area contributed by atoms with Gasteiger partial charge in [0.25, 0.3) is 0 Å². The molecule has 1 saturated carbocycles. The highest BCUT2D eigenvalue weighted by molar-refractivity contribution is 6.62. The second-order valence-electron chi connectivity index (χ2n) is 7.84. The van der Waals surface area contributed by atoms with Gasteiger partial charge in [0.15, 0.2) is 0 Å². The van der Waals surface area contributed by atoms with Crippen molar-refractivity contribution in [1.82, 2.24) is 0 Å². The molecule has 0 atom stereocenters. The van der Waals surface area contributed by atoms with Crippen molar-refractivity contribution in [2.45, 2.75) is 65.1 Å². The van der Waals surface area contributed by atoms with Crippen LogP contribution in [0.15, 0.2) is 18.2 Å². The number of carbonyl (C=O) groups excluding carboxylic acids is 1. The van der Waals surface area contributed by atoms with Gasteiger partial charge in [-0.05, 0) is 70.6 Å². The zero-order valence-corrected chi connectivity index (χ0v) is 14.7. The van der Waals surface area contributed by atoms with Gasteiger partial charge < -0.3 is 14.6 Å². The normalized spacial score (nSPS) is 22.7. The fraction of sp³-hybridized carbons (Fsp3) is 0.611. The predicted molar refractivity (Wildman–Crippen MR) is 92.9 cm³/mol. The first kappa shape index (κ1) is 16.5. The molecule has 2 fully saturated rings. The molecule has 1 aliphatic heterocycles. The number of rotatable bonds is 3. The van der Waals surface area contributed by atoms with Crippen LogP contribution in [-0.2, 0) is 14.1 Å². The summed E-state index contributed by atoms with van der Waals surface area (Å²) in [5.41, 5.74) is 2.13.